The van der Waals surface area contributed by atoms with Crippen molar-refractivity contribution in [2.24, 2.45) is 0 Å². The number of hydrogen-bond donors (Lipinski definition) is 1. The highest BCUT2D eigenvalue weighted by Gasteiger charge is 2.39. The van der Waals surface area contributed by atoms with E-state index in [0.717, 1.165) is 21.3 Å². The summed E-state index contributed by atoms with van der Waals surface area (Å²) in [5.74, 6) is -0.231. The van der Waals surface area contributed by atoms with E-state index in [-0.39, 0.29) is 17.5 Å². The lowest BCUT2D eigenvalue weighted by molar-refractivity contribution is -0.142. The molecule has 0 aliphatic carbocycles. The fourth-order valence-electron chi connectivity index (χ4n) is 3.57. The van der Waals surface area contributed by atoms with Crippen molar-refractivity contribution >= 4 is 22.6 Å². The van der Waals surface area contributed by atoms with Gasteiger partial charge in [0.2, 0.25) is 11.6 Å². The minimum absolute atomic E-state index is 0.000545. The van der Waals surface area contributed by atoms with Crippen molar-refractivity contribution in [2.75, 3.05) is 12.4 Å². The molecule has 0 saturated carbocycles. The summed E-state index contributed by atoms with van der Waals surface area (Å²) in [6, 6.07) is 7.04. The third-order valence-electron chi connectivity index (χ3n) is 5.39. The summed E-state index contributed by atoms with van der Waals surface area (Å²) >= 11 is 0. The molecule has 3 aromatic rings. The van der Waals surface area contributed by atoms with Crippen LogP contribution in [0.15, 0.2) is 35.1 Å². The van der Waals surface area contributed by atoms with Crippen LogP contribution in [0.3, 0.4) is 0 Å². The molecule has 32 heavy (non-hydrogen) atoms. The molecule has 0 spiro atoms. The summed E-state index contributed by atoms with van der Waals surface area (Å²) in [6.45, 7) is 6.98. The molecule has 2 aromatic carbocycles. The predicted octanol–water partition coefficient (Wildman–Crippen LogP) is 4.94. The zero-order valence-corrected chi connectivity index (χ0v) is 18.4. The number of rotatable bonds is 5. The smallest absolute Gasteiger partial charge is 0.438 e. The van der Waals surface area contributed by atoms with Gasteiger partial charge in [-0.3, -0.25) is 14.2 Å². The number of halogens is 3. The molecule has 0 fully saturated rings. The molecule has 0 aliphatic heterocycles. The third-order valence-corrected chi connectivity index (χ3v) is 5.39. The van der Waals surface area contributed by atoms with Gasteiger partial charge in [0.05, 0.1) is 23.8 Å². The minimum atomic E-state index is -4.96. The Labute approximate surface area is 183 Å². The number of fused-ring (bicyclic) bond motifs is 1. The largest absolute Gasteiger partial charge is 0.495 e. The average Bonchev–Trinajstić information content (AvgIpc) is 2.70. The van der Waals surface area contributed by atoms with Gasteiger partial charge in [0.1, 0.15) is 11.8 Å². The molecule has 1 unspecified atom stereocenters. The molecular weight excluding hydrogens is 423 g/mol. The topological polar surface area (TPSA) is 73.2 Å². The van der Waals surface area contributed by atoms with E-state index in [4.69, 9.17) is 4.74 Å². The number of alkyl halides is 3. The molecule has 1 heterocycles. The summed E-state index contributed by atoms with van der Waals surface area (Å²) in [6.07, 6.45) is -4.87. The van der Waals surface area contributed by atoms with Crippen molar-refractivity contribution in [3.05, 3.63) is 63.1 Å². The summed E-state index contributed by atoms with van der Waals surface area (Å²) in [4.78, 5) is 29.7. The van der Waals surface area contributed by atoms with Crippen molar-refractivity contribution in [1.29, 1.82) is 0 Å². The van der Waals surface area contributed by atoms with Crippen molar-refractivity contribution < 1.29 is 22.7 Å². The minimum Gasteiger partial charge on any atom is -0.495 e. The van der Waals surface area contributed by atoms with Gasteiger partial charge in [-0.1, -0.05) is 13.0 Å². The number of nitrogens with zero attached hydrogens (tertiary/aromatic N) is 2. The van der Waals surface area contributed by atoms with E-state index in [1.54, 1.807) is 45.0 Å². The molecular formula is C23H24F3N3O3. The fourth-order valence-corrected chi connectivity index (χ4v) is 3.57. The third kappa shape index (κ3) is 4.32. The zero-order valence-electron chi connectivity index (χ0n) is 18.4. The first-order valence-corrected chi connectivity index (χ1v) is 10.0. The van der Waals surface area contributed by atoms with Gasteiger partial charge >= 0.3 is 6.18 Å². The van der Waals surface area contributed by atoms with Crippen LogP contribution in [0.25, 0.3) is 11.0 Å². The number of hydrogen-bond acceptors (Lipinski definition) is 4. The van der Waals surface area contributed by atoms with E-state index < -0.39 is 29.4 Å². The SMILES string of the molecule is CCC(C(=O)Nc1cc(C)ccc1OC)n1c(=O)c(C(F)(F)F)nc2cc(C)c(C)cc21. The monoisotopic (exact) mass is 447 g/mol. The maximum Gasteiger partial charge on any atom is 0.438 e. The number of aromatic nitrogens is 2. The number of anilines is 1. The van der Waals surface area contributed by atoms with E-state index >= 15 is 0 Å². The first kappa shape index (κ1) is 23.3. The highest BCUT2D eigenvalue weighted by molar-refractivity contribution is 5.96. The standard InChI is InChI=1S/C23H24F3N3O3/c1-6-17(21(30)28-16-9-12(2)7-8-19(16)32-5)29-18-11-14(4)13(3)10-15(18)27-20(22(29)31)23(24,25)26/h7-11,17H,6H2,1-5H3,(H,28,30). The maximum atomic E-state index is 13.6. The van der Waals surface area contributed by atoms with Crippen LogP contribution in [0, 0.1) is 20.8 Å². The van der Waals surface area contributed by atoms with Crippen molar-refractivity contribution in [3.8, 4) is 5.75 Å². The van der Waals surface area contributed by atoms with Gasteiger partial charge in [-0.15, -0.1) is 0 Å². The van der Waals surface area contributed by atoms with Gasteiger partial charge in [0.25, 0.3) is 5.56 Å². The van der Waals surface area contributed by atoms with Crippen LogP contribution < -0.4 is 15.6 Å². The van der Waals surface area contributed by atoms with E-state index in [1.165, 1.54) is 13.2 Å². The second-order valence-corrected chi connectivity index (χ2v) is 7.68. The van der Waals surface area contributed by atoms with Crippen LogP contribution in [0.1, 0.15) is 41.8 Å². The van der Waals surface area contributed by atoms with Crippen LogP contribution >= 0.6 is 0 Å². The number of aryl methyl sites for hydroxylation is 3. The molecule has 1 atom stereocenters. The highest BCUT2D eigenvalue weighted by Crippen LogP contribution is 2.30. The molecule has 1 amide bonds. The number of ether oxygens (including phenoxy) is 1. The highest BCUT2D eigenvalue weighted by atomic mass is 19.4. The fraction of sp³-hybridized carbons (Fsp3) is 0.348. The van der Waals surface area contributed by atoms with E-state index in [1.807, 2.05) is 6.92 Å². The van der Waals surface area contributed by atoms with Gasteiger partial charge in [0, 0.05) is 0 Å². The first-order chi connectivity index (χ1) is 15.0. The van der Waals surface area contributed by atoms with Crippen molar-refractivity contribution in [2.45, 2.75) is 46.3 Å². The number of carbonyl (C=O) groups excluding carboxylic acids is 1. The molecule has 0 aliphatic rings. The van der Waals surface area contributed by atoms with Crippen LogP contribution in [-0.4, -0.2) is 22.6 Å². The lowest BCUT2D eigenvalue weighted by atomic mass is 10.1. The van der Waals surface area contributed by atoms with Crippen molar-refractivity contribution in [3.63, 3.8) is 0 Å². The predicted molar refractivity (Wildman–Crippen MR) is 116 cm³/mol. The Hall–Kier alpha value is -3.36. The van der Waals surface area contributed by atoms with Crippen LogP contribution in [-0.2, 0) is 11.0 Å². The Morgan fingerprint density at radius 3 is 2.41 bits per heavy atom. The van der Waals surface area contributed by atoms with E-state index in [2.05, 4.69) is 10.3 Å². The summed E-state index contributed by atoms with van der Waals surface area (Å²) in [7, 11) is 1.44. The van der Waals surface area contributed by atoms with E-state index in [0.29, 0.717) is 11.4 Å². The molecule has 170 valence electrons. The lowest BCUT2D eigenvalue weighted by Gasteiger charge is -2.22. The second kappa shape index (κ2) is 8.64. The van der Waals surface area contributed by atoms with Gasteiger partial charge < -0.3 is 10.1 Å². The average molecular weight is 447 g/mol. The number of benzene rings is 2. The Morgan fingerprint density at radius 2 is 1.81 bits per heavy atom. The van der Waals surface area contributed by atoms with Gasteiger partial charge in [-0.2, -0.15) is 13.2 Å². The van der Waals surface area contributed by atoms with Crippen molar-refractivity contribution in [1.82, 2.24) is 9.55 Å². The van der Waals surface area contributed by atoms with Crippen LogP contribution in [0.4, 0.5) is 18.9 Å². The molecule has 0 bridgehead atoms. The molecule has 3 rings (SSSR count). The quantitative estimate of drug-likeness (QED) is 0.601. The Balaban J connectivity index is 2.22. The van der Waals surface area contributed by atoms with Gasteiger partial charge in [-0.25, -0.2) is 4.98 Å². The zero-order chi connectivity index (χ0) is 23.8. The van der Waals surface area contributed by atoms with E-state index in [9.17, 15) is 22.8 Å². The van der Waals surface area contributed by atoms with Gasteiger partial charge in [-0.05, 0) is 68.1 Å². The summed E-state index contributed by atoms with van der Waals surface area (Å²) in [5.41, 5.74) is -0.0208. The molecule has 0 radical (unpaired) electrons. The molecule has 9 heteroatoms. The Kier molecular flexibility index (Phi) is 6.29. The normalized spacial score (nSPS) is 12.6. The number of methoxy groups -OCH3 is 1. The Bertz CT molecular complexity index is 1250. The molecule has 0 saturated heterocycles. The molecule has 1 N–H and O–H groups in total. The number of carbonyl (C=O) groups is 1. The maximum absolute atomic E-state index is 13.6. The summed E-state index contributed by atoms with van der Waals surface area (Å²) < 4.78 is 47.0. The van der Waals surface area contributed by atoms with Crippen LogP contribution in [0.2, 0.25) is 0 Å². The second-order valence-electron chi connectivity index (χ2n) is 7.68. The first-order valence-electron chi connectivity index (χ1n) is 10.0. The number of nitrogens with one attached hydrogen (secondary N) is 1. The van der Waals surface area contributed by atoms with Crippen LogP contribution in [0.5, 0.6) is 5.75 Å². The van der Waals surface area contributed by atoms with Gasteiger partial charge in [0.15, 0.2) is 0 Å². The Morgan fingerprint density at radius 1 is 1.16 bits per heavy atom. The molecule has 1 aromatic heterocycles. The lowest BCUT2D eigenvalue weighted by Crippen LogP contribution is -2.37. The number of amides is 1. The molecule has 6 nitrogen and oxygen atoms in total. The summed E-state index contributed by atoms with van der Waals surface area (Å²) in [5, 5.41) is 2.70.